The number of aromatic nitrogens is 1. The number of ether oxygens (including phenoxy) is 3. The summed E-state index contributed by atoms with van der Waals surface area (Å²) >= 11 is 0. The van der Waals surface area contributed by atoms with Crippen LogP contribution in [0.15, 0.2) is 89.9 Å². The predicted molar refractivity (Wildman–Crippen MR) is 118 cm³/mol. The second kappa shape index (κ2) is 10.1. The number of carbonyl (C=O) groups excluding carboxylic acids is 1. The Morgan fingerprint density at radius 1 is 1.03 bits per heavy atom. The van der Waals surface area contributed by atoms with E-state index in [1.807, 2.05) is 25.1 Å². The Balaban J connectivity index is 1.77. The quantitative estimate of drug-likeness (QED) is 0.251. The first-order chi connectivity index (χ1) is 16.1. The Kier molecular flexibility index (Phi) is 6.80. The summed E-state index contributed by atoms with van der Waals surface area (Å²) in [6.45, 7) is 1.81. The summed E-state index contributed by atoms with van der Waals surface area (Å²) in [7, 11) is 1.32. The monoisotopic (exact) mass is 447 g/mol. The number of hydrogen-bond acceptors (Lipinski definition) is 6. The third-order valence-corrected chi connectivity index (χ3v) is 5.09. The smallest absolute Gasteiger partial charge is 0.338 e. The molecule has 6 nitrogen and oxygen atoms in total. The number of oxazole rings is 1. The zero-order valence-electron chi connectivity index (χ0n) is 18.1. The highest BCUT2D eigenvalue weighted by Crippen LogP contribution is 2.35. The molecule has 1 heterocycles. The van der Waals surface area contributed by atoms with Gasteiger partial charge in [-0.25, -0.2) is 14.2 Å². The van der Waals surface area contributed by atoms with Gasteiger partial charge in [0.15, 0.2) is 6.39 Å². The number of para-hydroxylation sites is 1. The Bertz CT molecular complexity index is 1210. The van der Waals surface area contributed by atoms with Gasteiger partial charge in [0, 0.05) is 11.1 Å². The van der Waals surface area contributed by atoms with Crippen molar-refractivity contribution in [2.24, 2.45) is 0 Å². The van der Waals surface area contributed by atoms with Gasteiger partial charge in [-0.05, 0) is 36.8 Å². The maximum Gasteiger partial charge on any atom is 0.338 e. The zero-order valence-corrected chi connectivity index (χ0v) is 18.1. The van der Waals surface area contributed by atoms with Crippen LogP contribution in [0.5, 0.6) is 5.75 Å². The standard InChI is InChI=1S/C26H22FNO5/c1-17-12-13-18(14-21(17)25(29)30-2)26(32-19-8-4-3-5-9-19)33-24(23-15-31-16-28-23)20-10-6-7-11-22(20)27/h3-16,24,26H,1-2H3. The number of hydrogen-bond donors (Lipinski definition) is 0. The molecule has 0 aliphatic heterocycles. The number of rotatable bonds is 8. The molecule has 0 saturated heterocycles. The van der Waals surface area contributed by atoms with Crippen LogP contribution in [0.25, 0.3) is 0 Å². The SMILES string of the molecule is COC(=O)c1cc(C(Oc2ccccc2)OC(c2cocn2)c2ccccc2F)ccc1C. The molecule has 0 fully saturated rings. The van der Waals surface area contributed by atoms with Crippen molar-refractivity contribution in [2.45, 2.75) is 19.3 Å². The highest BCUT2D eigenvalue weighted by Gasteiger charge is 2.28. The average Bonchev–Trinajstić information content (AvgIpc) is 3.37. The van der Waals surface area contributed by atoms with Crippen LogP contribution in [0, 0.1) is 12.7 Å². The van der Waals surface area contributed by atoms with Crippen LogP contribution in [0.2, 0.25) is 0 Å². The molecule has 168 valence electrons. The van der Waals surface area contributed by atoms with Crippen molar-refractivity contribution < 1.29 is 27.8 Å². The number of benzene rings is 3. The van der Waals surface area contributed by atoms with Gasteiger partial charge >= 0.3 is 5.97 Å². The third-order valence-electron chi connectivity index (χ3n) is 5.09. The molecule has 0 bridgehead atoms. The average molecular weight is 447 g/mol. The summed E-state index contributed by atoms with van der Waals surface area (Å²) in [4.78, 5) is 16.4. The summed E-state index contributed by atoms with van der Waals surface area (Å²) in [6.07, 6.45) is 0.714. The van der Waals surface area contributed by atoms with Gasteiger partial charge in [0.05, 0.1) is 12.7 Å². The molecule has 7 heteroatoms. The first kappa shape index (κ1) is 22.2. The topological polar surface area (TPSA) is 70.8 Å². The molecule has 1 aromatic heterocycles. The number of nitrogens with zero attached hydrogens (tertiary/aromatic N) is 1. The lowest BCUT2D eigenvalue weighted by molar-refractivity contribution is -0.114. The van der Waals surface area contributed by atoms with E-state index in [4.69, 9.17) is 18.6 Å². The number of aryl methyl sites for hydroxylation is 1. The van der Waals surface area contributed by atoms with E-state index in [1.54, 1.807) is 48.5 Å². The first-order valence-electron chi connectivity index (χ1n) is 10.3. The van der Waals surface area contributed by atoms with Crippen molar-refractivity contribution in [1.29, 1.82) is 0 Å². The molecule has 2 unspecified atom stereocenters. The van der Waals surface area contributed by atoms with Crippen molar-refractivity contribution in [3.05, 3.63) is 119 Å². The minimum absolute atomic E-state index is 0.272. The summed E-state index contributed by atoms with van der Waals surface area (Å²) < 4.78 is 37.2. The van der Waals surface area contributed by atoms with Gasteiger partial charge in [0.2, 0.25) is 6.29 Å². The van der Waals surface area contributed by atoms with E-state index in [0.717, 1.165) is 5.56 Å². The van der Waals surface area contributed by atoms with Crippen molar-refractivity contribution in [2.75, 3.05) is 7.11 Å². The minimum atomic E-state index is -1.00. The molecule has 0 radical (unpaired) electrons. The van der Waals surface area contributed by atoms with Gasteiger partial charge < -0.3 is 18.6 Å². The largest absolute Gasteiger partial charge is 0.465 e. The number of halogens is 1. The highest BCUT2D eigenvalue weighted by atomic mass is 19.1. The fourth-order valence-electron chi connectivity index (χ4n) is 3.38. The van der Waals surface area contributed by atoms with E-state index in [1.165, 1.54) is 25.8 Å². The summed E-state index contributed by atoms with van der Waals surface area (Å²) in [5, 5.41) is 0. The van der Waals surface area contributed by atoms with Crippen molar-refractivity contribution in [3.8, 4) is 5.75 Å². The Hall–Kier alpha value is -3.97. The summed E-state index contributed by atoms with van der Waals surface area (Å²) in [6, 6.07) is 20.6. The normalized spacial score (nSPS) is 12.7. The molecule has 0 saturated carbocycles. The van der Waals surface area contributed by atoms with Crippen LogP contribution < -0.4 is 4.74 Å². The Labute approximate surface area is 190 Å². The van der Waals surface area contributed by atoms with Crippen LogP contribution in [-0.4, -0.2) is 18.1 Å². The summed E-state index contributed by atoms with van der Waals surface area (Å²) in [5.41, 5.74) is 2.32. The van der Waals surface area contributed by atoms with Crippen LogP contribution in [-0.2, 0) is 9.47 Å². The molecule has 2 atom stereocenters. The predicted octanol–water partition coefficient (Wildman–Crippen LogP) is 5.79. The van der Waals surface area contributed by atoms with Crippen molar-refractivity contribution >= 4 is 5.97 Å². The van der Waals surface area contributed by atoms with E-state index in [9.17, 15) is 9.18 Å². The summed E-state index contributed by atoms with van der Waals surface area (Å²) in [5.74, 6) is -0.395. The van der Waals surface area contributed by atoms with E-state index in [2.05, 4.69) is 4.98 Å². The third kappa shape index (κ3) is 5.10. The van der Waals surface area contributed by atoms with Gasteiger partial charge in [0.25, 0.3) is 0 Å². The molecule has 3 aromatic carbocycles. The maximum atomic E-state index is 14.7. The molecule has 0 amide bonds. The van der Waals surface area contributed by atoms with Crippen LogP contribution in [0.4, 0.5) is 4.39 Å². The van der Waals surface area contributed by atoms with E-state index >= 15 is 0 Å². The number of carbonyl (C=O) groups is 1. The lowest BCUT2D eigenvalue weighted by Crippen LogP contribution is -2.19. The molecule has 0 aliphatic carbocycles. The fourth-order valence-corrected chi connectivity index (χ4v) is 3.38. The molecule has 0 spiro atoms. The molecular formula is C26H22FNO5. The molecule has 0 N–H and O–H groups in total. The Morgan fingerprint density at radius 2 is 1.79 bits per heavy atom. The van der Waals surface area contributed by atoms with E-state index in [0.29, 0.717) is 22.6 Å². The molecular weight excluding hydrogens is 425 g/mol. The lowest BCUT2D eigenvalue weighted by Gasteiger charge is -2.26. The molecule has 4 aromatic rings. The van der Waals surface area contributed by atoms with Gasteiger partial charge in [-0.1, -0.05) is 48.5 Å². The van der Waals surface area contributed by atoms with Crippen molar-refractivity contribution in [1.82, 2.24) is 4.98 Å². The first-order valence-corrected chi connectivity index (χ1v) is 10.3. The second-order valence-electron chi connectivity index (χ2n) is 7.28. The number of esters is 1. The van der Waals surface area contributed by atoms with Crippen LogP contribution >= 0.6 is 0 Å². The van der Waals surface area contributed by atoms with E-state index < -0.39 is 24.2 Å². The second-order valence-corrected chi connectivity index (χ2v) is 7.28. The molecule has 33 heavy (non-hydrogen) atoms. The lowest BCUT2D eigenvalue weighted by atomic mass is 10.0. The minimum Gasteiger partial charge on any atom is -0.465 e. The van der Waals surface area contributed by atoms with Gasteiger partial charge in [0.1, 0.15) is 29.6 Å². The number of methoxy groups -OCH3 is 1. The van der Waals surface area contributed by atoms with E-state index in [-0.39, 0.29) is 5.56 Å². The van der Waals surface area contributed by atoms with Crippen molar-refractivity contribution in [3.63, 3.8) is 0 Å². The fraction of sp³-hybridized carbons (Fsp3) is 0.154. The van der Waals surface area contributed by atoms with Gasteiger partial charge in [-0.3, -0.25) is 0 Å². The van der Waals surface area contributed by atoms with Gasteiger partial charge in [-0.2, -0.15) is 0 Å². The Morgan fingerprint density at radius 3 is 2.48 bits per heavy atom. The van der Waals surface area contributed by atoms with Crippen LogP contribution in [0.3, 0.4) is 0 Å². The highest BCUT2D eigenvalue weighted by molar-refractivity contribution is 5.91. The maximum absolute atomic E-state index is 14.7. The van der Waals surface area contributed by atoms with Gasteiger partial charge in [-0.15, -0.1) is 0 Å². The zero-order chi connectivity index (χ0) is 23.2. The molecule has 4 rings (SSSR count). The molecule has 0 aliphatic rings. The van der Waals surface area contributed by atoms with Crippen LogP contribution in [0.1, 0.15) is 45.1 Å².